The van der Waals surface area contributed by atoms with Gasteiger partial charge in [-0.2, -0.15) is 0 Å². The number of para-hydroxylation sites is 1. The number of rotatable bonds is 3. The zero-order valence-electron chi connectivity index (χ0n) is 14.5. The Labute approximate surface area is 152 Å². The number of benzene rings is 2. The third-order valence-electron chi connectivity index (χ3n) is 5.16. The maximum Gasteiger partial charge on any atom is 0.0928 e. The molecule has 0 saturated carbocycles. The third kappa shape index (κ3) is 2.44. The molecule has 1 aliphatic carbocycles. The van der Waals surface area contributed by atoms with E-state index in [0.29, 0.717) is 28.3 Å². The highest BCUT2D eigenvalue weighted by molar-refractivity contribution is 6.15. The summed E-state index contributed by atoms with van der Waals surface area (Å²) in [5.74, 6) is 0. The van der Waals surface area contributed by atoms with E-state index < -0.39 is 0 Å². The molecule has 0 radical (unpaired) electrons. The van der Waals surface area contributed by atoms with Gasteiger partial charge in [0, 0.05) is 34.1 Å². The van der Waals surface area contributed by atoms with Crippen LogP contribution < -0.4 is 11.5 Å². The lowest BCUT2D eigenvalue weighted by Gasteiger charge is -2.23. The number of aryl methyl sites for hydroxylation is 1. The smallest absolute Gasteiger partial charge is 0.0928 e. The maximum absolute atomic E-state index is 8.76. The molecule has 1 aliphatic rings. The maximum atomic E-state index is 8.76. The second-order valence-corrected chi connectivity index (χ2v) is 6.69. The van der Waals surface area contributed by atoms with Gasteiger partial charge >= 0.3 is 0 Å². The first-order valence-corrected chi connectivity index (χ1v) is 8.80. The number of hydrogen-bond acceptors (Lipinski definition) is 5. The van der Waals surface area contributed by atoms with Crippen LogP contribution >= 0.6 is 0 Å². The van der Waals surface area contributed by atoms with Gasteiger partial charge in [-0.05, 0) is 55.0 Å². The van der Waals surface area contributed by atoms with Crippen molar-refractivity contribution in [2.45, 2.75) is 25.7 Å². The summed E-state index contributed by atoms with van der Waals surface area (Å²) in [6.07, 6.45) is 5.29. The van der Waals surface area contributed by atoms with E-state index >= 15 is 0 Å². The summed E-state index contributed by atoms with van der Waals surface area (Å²) in [4.78, 5) is 4.82. The molecule has 1 heterocycles. The van der Waals surface area contributed by atoms with Gasteiger partial charge in [-0.1, -0.05) is 18.2 Å². The van der Waals surface area contributed by atoms with Crippen LogP contribution in [0.25, 0.3) is 10.9 Å². The van der Waals surface area contributed by atoms with Crippen LogP contribution in [0.5, 0.6) is 0 Å². The van der Waals surface area contributed by atoms with Crippen LogP contribution in [0.2, 0.25) is 0 Å². The predicted octanol–water partition coefficient (Wildman–Crippen LogP) is 3.69. The summed E-state index contributed by atoms with van der Waals surface area (Å²) in [5.41, 5.74) is 18.9. The fourth-order valence-electron chi connectivity index (χ4n) is 3.88. The highest BCUT2D eigenvalue weighted by Crippen LogP contribution is 2.34. The first kappa shape index (κ1) is 16.3. The van der Waals surface area contributed by atoms with Gasteiger partial charge in [0.15, 0.2) is 0 Å². The van der Waals surface area contributed by atoms with Crippen LogP contribution in [0.3, 0.4) is 0 Å². The monoisotopic (exact) mass is 343 g/mol. The SMILES string of the molecule is N=Cc1c(N)ccc2nc(C(=N)c3ccccc3N)c3c(c12)CCCC3. The summed E-state index contributed by atoms with van der Waals surface area (Å²) < 4.78 is 0. The molecule has 0 unspecified atom stereocenters. The van der Waals surface area contributed by atoms with Crippen molar-refractivity contribution in [1.29, 1.82) is 10.8 Å². The predicted molar refractivity (Wildman–Crippen MR) is 107 cm³/mol. The topological polar surface area (TPSA) is 113 Å². The zero-order valence-corrected chi connectivity index (χ0v) is 14.5. The molecule has 2 aromatic carbocycles. The molecular weight excluding hydrogens is 322 g/mol. The summed E-state index contributed by atoms with van der Waals surface area (Å²) in [6, 6.07) is 11.1. The molecule has 0 saturated heterocycles. The largest absolute Gasteiger partial charge is 0.398 e. The number of fused-ring (bicyclic) bond motifs is 3. The van der Waals surface area contributed by atoms with Gasteiger partial charge < -0.3 is 16.9 Å². The van der Waals surface area contributed by atoms with E-state index in [-0.39, 0.29) is 0 Å². The van der Waals surface area contributed by atoms with E-state index in [1.807, 2.05) is 30.3 Å². The minimum absolute atomic E-state index is 0.358. The Kier molecular flexibility index (Phi) is 3.92. The number of anilines is 2. The lowest BCUT2D eigenvalue weighted by Crippen LogP contribution is -2.16. The van der Waals surface area contributed by atoms with Crippen LogP contribution in [0.4, 0.5) is 11.4 Å². The fourth-order valence-corrected chi connectivity index (χ4v) is 3.88. The molecule has 26 heavy (non-hydrogen) atoms. The molecule has 5 nitrogen and oxygen atoms in total. The Hall–Kier alpha value is -3.21. The first-order chi connectivity index (χ1) is 12.6. The third-order valence-corrected chi connectivity index (χ3v) is 5.16. The van der Waals surface area contributed by atoms with Crippen molar-refractivity contribution in [2.75, 3.05) is 11.5 Å². The van der Waals surface area contributed by atoms with Gasteiger partial charge in [-0.15, -0.1) is 0 Å². The second kappa shape index (κ2) is 6.26. The second-order valence-electron chi connectivity index (χ2n) is 6.69. The van der Waals surface area contributed by atoms with E-state index in [0.717, 1.165) is 47.7 Å². The Balaban J connectivity index is 2.03. The molecule has 130 valence electrons. The molecule has 4 rings (SSSR count). The van der Waals surface area contributed by atoms with Crippen molar-refractivity contribution >= 4 is 34.2 Å². The highest BCUT2D eigenvalue weighted by Gasteiger charge is 2.23. The number of nitrogen functional groups attached to an aromatic ring is 2. The molecule has 0 aliphatic heterocycles. The summed E-state index contributed by atoms with van der Waals surface area (Å²) in [5, 5.41) is 17.5. The number of pyridine rings is 1. The van der Waals surface area contributed by atoms with Crippen LogP contribution in [-0.4, -0.2) is 16.9 Å². The molecule has 0 amide bonds. The molecular formula is C21H21N5. The van der Waals surface area contributed by atoms with Crippen LogP contribution in [0.1, 0.15) is 40.8 Å². The minimum Gasteiger partial charge on any atom is -0.398 e. The first-order valence-electron chi connectivity index (χ1n) is 8.80. The van der Waals surface area contributed by atoms with Crippen molar-refractivity contribution in [3.63, 3.8) is 0 Å². The average molecular weight is 343 g/mol. The molecule has 0 atom stereocenters. The van der Waals surface area contributed by atoms with Crippen molar-refractivity contribution in [3.8, 4) is 0 Å². The van der Waals surface area contributed by atoms with Crippen LogP contribution in [0.15, 0.2) is 36.4 Å². The van der Waals surface area contributed by atoms with Gasteiger partial charge in [0.25, 0.3) is 0 Å². The van der Waals surface area contributed by atoms with E-state index in [2.05, 4.69) is 0 Å². The number of nitrogens with two attached hydrogens (primary N) is 2. The number of aromatic nitrogens is 1. The van der Waals surface area contributed by atoms with E-state index in [1.54, 1.807) is 6.07 Å². The summed E-state index contributed by atoms with van der Waals surface area (Å²) >= 11 is 0. The van der Waals surface area contributed by atoms with Crippen LogP contribution in [-0.2, 0) is 12.8 Å². The number of nitrogens with one attached hydrogen (secondary N) is 2. The molecule has 0 fully saturated rings. The Bertz CT molecular complexity index is 1050. The van der Waals surface area contributed by atoms with E-state index in [1.165, 1.54) is 11.8 Å². The van der Waals surface area contributed by atoms with E-state index in [4.69, 9.17) is 27.3 Å². The Morgan fingerprint density at radius 2 is 1.69 bits per heavy atom. The fraction of sp³-hybridized carbons (Fsp3) is 0.190. The number of hydrogen-bond donors (Lipinski definition) is 4. The average Bonchev–Trinajstić information content (AvgIpc) is 2.67. The molecule has 0 bridgehead atoms. The quantitative estimate of drug-likeness (QED) is 0.429. The molecule has 1 aromatic heterocycles. The Morgan fingerprint density at radius 1 is 0.962 bits per heavy atom. The molecule has 5 heteroatoms. The molecule has 0 spiro atoms. The normalized spacial score (nSPS) is 13.4. The Morgan fingerprint density at radius 3 is 2.42 bits per heavy atom. The summed E-state index contributed by atoms with van der Waals surface area (Å²) in [7, 11) is 0. The molecule has 3 aromatic rings. The molecule has 6 N–H and O–H groups in total. The lowest BCUT2D eigenvalue weighted by atomic mass is 9.84. The van der Waals surface area contributed by atoms with Crippen molar-refractivity contribution in [2.24, 2.45) is 0 Å². The standard InChI is InChI=1S/C21H21N5/c22-11-15-17(24)9-10-18-19(15)12-5-1-2-6-13(12)21(26-18)20(25)14-7-3-4-8-16(14)23/h3-4,7-11,22,25H,1-2,5-6,23-24H2. The van der Waals surface area contributed by atoms with Crippen molar-refractivity contribution in [1.82, 2.24) is 4.98 Å². The van der Waals surface area contributed by atoms with Crippen LogP contribution in [0, 0.1) is 10.8 Å². The van der Waals surface area contributed by atoms with Gasteiger partial charge in [-0.25, -0.2) is 4.98 Å². The number of nitrogens with zero attached hydrogens (tertiary/aromatic N) is 1. The minimum atomic E-state index is 0.358. The van der Waals surface area contributed by atoms with Crippen molar-refractivity contribution < 1.29 is 0 Å². The zero-order chi connectivity index (χ0) is 18.3. The summed E-state index contributed by atoms with van der Waals surface area (Å²) in [6.45, 7) is 0. The highest BCUT2D eigenvalue weighted by atomic mass is 14.7. The van der Waals surface area contributed by atoms with Gasteiger partial charge in [0.05, 0.1) is 16.9 Å². The van der Waals surface area contributed by atoms with Crippen molar-refractivity contribution in [3.05, 3.63) is 64.3 Å². The van der Waals surface area contributed by atoms with Gasteiger partial charge in [0.1, 0.15) is 0 Å². The van der Waals surface area contributed by atoms with E-state index in [9.17, 15) is 0 Å². The van der Waals surface area contributed by atoms with Gasteiger partial charge in [-0.3, -0.25) is 5.41 Å². The van der Waals surface area contributed by atoms with Gasteiger partial charge in [0.2, 0.25) is 0 Å². The lowest BCUT2D eigenvalue weighted by molar-refractivity contribution is 0.686.